The summed E-state index contributed by atoms with van der Waals surface area (Å²) < 4.78 is 5.65. The van der Waals surface area contributed by atoms with Crippen LogP contribution in [0, 0.1) is 5.92 Å². The molecule has 2 rings (SSSR count). The van der Waals surface area contributed by atoms with Crippen molar-refractivity contribution in [2.75, 3.05) is 45.9 Å². The van der Waals surface area contributed by atoms with Gasteiger partial charge in [0, 0.05) is 32.8 Å². The molecule has 21 heavy (non-hydrogen) atoms. The molecule has 0 aliphatic carbocycles. The van der Waals surface area contributed by atoms with Crippen molar-refractivity contribution in [3.05, 3.63) is 0 Å². The molecule has 2 fully saturated rings. The van der Waals surface area contributed by atoms with Gasteiger partial charge in [0.2, 0.25) is 0 Å². The van der Waals surface area contributed by atoms with Crippen LogP contribution in [0.1, 0.15) is 39.5 Å². The van der Waals surface area contributed by atoms with Crippen LogP contribution in [0.25, 0.3) is 0 Å². The average Bonchev–Trinajstić information content (AvgIpc) is 2.93. The summed E-state index contributed by atoms with van der Waals surface area (Å²) in [7, 11) is 0. The van der Waals surface area contributed by atoms with Gasteiger partial charge < -0.3 is 19.9 Å². The number of nitrogens with zero attached hydrogens (tertiary/aromatic N) is 2. The molecule has 0 saturated carbocycles. The minimum Gasteiger partial charge on any atom is -0.377 e. The fourth-order valence-corrected chi connectivity index (χ4v) is 3.44. The van der Waals surface area contributed by atoms with E-state index in [0.717, 1.165) is 45.6 Å². The lowest BCUT2D eigenvalue weighted by Crippen LogP contribution is -2.48. The number of amides is 2. The van der Waals surface area contributed by atoms with E-state index in [-0.39, 0.29) is 12.1 Å². The van der Waals surface area contributed by atoms with Crippen LogP contribution in [-0.2, 0) is 4.74 Å². The summed E-state index contributed by atoms with van der Waals surface area (Å²) in [6, 6.07) is 0.0911. The van der Waals surface area contributed by atoms with Crippen LogP contribution in [0.3, 0.4) is 0 Å². The first-order valence-corrected chi connectivity index (χ1v) is 8.59. The van der Waals surface area contributed by atoms with Crippen molar-refractivity contribution in [1.29, 1.82) is 0 Å². The highest BCUT2D eigenvalue weighted by atomic mass is 16.5. The molecule has 0 radical (unpaired) electrons. The zero-order chi connectivity index (χ0) is 15.1. The van der Waals surface area contributed by atoms with E-state index in [1.54, 1.807) is 0 Å². The number of hydrogen-bond acceptors (Lipinski definition) is 3. The van der Waals surface area contributed by atoms with Crippen molar-refractivity contribution in [2.24, 2.45) is 5.92 Å². The molecule has 1 N–H and O–H groups in total. The second kappa shape index (κ2) is 8.59. The molecule has 2 aliphatic heterocycles. The Hall–Kier alpha value is -0.810. The predicted molar refractivity (Wildman–Crippen MR) is 84.5 cm³/mol. The fraction of sp³-hybridized carbons (Fsp3) is 0.938. The average molecular weight is 297 g/mol. The Morgan fingerprint density at radius 3 is 2.86 bits per heavy atom. The number of hydrogen-bond donors (Lipinski definition) is 1. The number of urea groups is 1. The normalized spacial score (nSPS) is 27.0. The van der Waals surface area contributed by atoms with Gasteiger partial charge in [-0.1, -0.05) is 6.92 Å². The van der Waals surface area contributed by atoms with Crippen LogP contribution in [0.15, 0.2) is 0 Å². The smallest absolute Gasteiger partial charge is 0.317 e. The molecule has 2 unspecified atom stereocenters. The molecule has 0 aromatic carbocycles. The monoisotopic (exact) mass is 297 g/mol. The summed E-state index contributed by atoms with van der Waals surface area (Å²) in [5.41, 5.74) is 0. The summed E-state index contributed by atoms with van der Waals surface area (Å²) in [5, 5.41) is 3.12. The van der Waals surface area contributed by atoms with Crippen molar-refractivity contribution < 1.29 is 9.53 Å². The molecule has 0 aromatic heterocycles. The van der Waals surface area contributed by atoms with E-state index in [9.17, 15) is 4.79 Å². The van der Waals surface area contributed by atoms with E-state index in [1.807, 2.05) is 11.8 Å². The highest BCUT2D eigenvalue weighted by Gasteiger charge is 2.26. The van der Waals surface area contributed by atoms with Gasteiger partial charge in [-0.2, -0.15) is 0 Å². The van der Waals surface area contributed by atoms with Crippen LogP contribution < -0.4 is 5.32 Å². The number of rotatable bonds is 6. The van der Waals surface area contributed by atoms with E-state index in [0.29, 0.717) is 5.92 Å². The summed E-state index contributed by atoms with van der Waals surface area (Å²) in [6.45, 7) is 10.9. The van der Waals surface area contributed by atoms with Gasteiger partial charge in [0.25, 0.3) is 0 Å². The first kappa shape index (κ1) is 16.6. The van der Waals surface area contributed by atoms with E-state index in [4.69, 9.17) is 4.74 Å². The summed E-state index contributed by atoms with van der Waals surface area (Å²) in [5.74, 6) is 0.618. The van der Waals surface area contributed by atoms with Gasteiger partial charge in [-0.15, -0.1) is 0 Å². The lowest BCUT2D eigenvalue weighted by Gasteiger charge is -2.32. The van der Waals surface area contributed by atoms with Gasteiger partial charge in [0.05, 0.1) is 6.10 Å². The Labute approximate surface area is 129 Å². The van der Waals surface area contributed by atoms with Crippen LogP contribution in [0.5, 0.6) is 0 Å². The van der Waals surface area contributed by atoms with Crippen molar-refractivity contribution >= 4 is 6.03 Å². The van der Waals surface area contributed by atoms with Crippen molar-refractivity contribution in [1.82, 2.24) is 15.1 Å². The minimum atomic E-state index is 0.0911. The number of piperidine rings is 1. The van der Waals surface area contributed by atoms with Crippen LogP contribution in [-0.4, -0.2) is 67.8 Å². The minimum absolute atomic E-state index is 0.0911. The van der Waals surface area contributed by atoms with E-state index in [1.165, 1.54) is 25.9 Å². The van der Waals surface area contributed by atoms with Crippen molar-refractivity contribution in [2.45, 2.75) is 45.6 Å². The molecule has 2 saturated heterocycles. The Bertz CT molecular complexity index is 323. The molecule has 5 nitrogen and oxygen atoms in total. The number of carbonyl (C=O) groups is 1. The van der Waals surface area contributed by atoms with Crippen LogP contribution >= 0.6 is 0 Å². The Kier molecular flexibility index (Phi) is 6.77. The maximum atomic E-state index is 12.3. The van der Waals surface area contributed by atoms with Gasteiger partial charge in [-0.05, 0) is 51.6 Å². The van der Waals surface area contributed by atoms with Gasteiger partial charge in [-0.25, -0.2) is 4.79 Å². The molecule has 2 amide bonds. The zero-order valence-corrected chi connectivity index (χ0v) is 13.6. The molecule has 2 atom stereocenters. The second-order valence-electron chi connectivity index (χ2n) is 6.31. The zero-order valence-electron chi connectivity index (χ0n) is 13.6. The topological polar surface area (TPSA) is 44.8 Å². The quantitative estimate of drug-likeness (QED) is 0.815. The first-order valence-electron chi connectivity index (χ1n) is 8.59. The lowest BCUT2D eigenvalue weighted by molar-refractivity contribution is 0.0164. The number of ether oxygens (including phenoxy) is 1. The van der Waals surface area contributed by atoms with Crippen molar-refractivity contribution in [3.8, 4) is 0 Å². The fourth-order valence-electron chi connectivity index (χ4n) is 3.44. The van der Waals surface area contributed by atoms with E-state index in [2.05, 4.69) is 17.1 Å². The maximum Gasteiger partial charge on any atom is 0.317 e. The Morgan fingerprint density at radius 1 is 1.24 bits per heavy atom. The standard InChI is InChI=1S/C16H31N3O2/c1-3-8-18-10-7-14(12-18)11-17-16(20)19-9-5-6-15(13-19)21-4-2/h14-15H,3-13H2,1-2H3,(H,17,20). The summed E-state index contributed by atoms with van der Waals surface area (Å²) >= 11 is 0. The molecule has 0 spiro atoms. The number of carbonyl (C=O) groups excluding carboxylic acids is 1. The maximum absolute atomic E-state index is 12.3. The largest absolute Gasteiger partial charge is 0.377 e. The molecule has 122 valence electrons. The molecule has 2 aliphatic rings. The van der Waals surface area contributed by atoms with Gasteiger partial charge in [-0.3, -0.25) is 0 Å². The van der Waals surface area contributed by atoms with E-state index >= 15 is 0 Å². The predicted octanol–water partition coefficient (Wildman–Crippen LogP) is 1.93. The Balaban J connectivity index is 1.67. The first-order chi connectivity index (χ1) is 10.2. The third kappa shape index (κ3) is 5.15. The highest BCUT2D eigenvalue weighted by molar-refractivity contribution is 5.74. The van der Waals surface area contributed by atoms with E-state index < -0.39 is 0 Å². The second-order valence-corrected chi connectivity index (χ2v) is 6.31. The number of likely N-dealkylation sites (tertiary alicyclic amines) is 2. The van der Waals surface area contributed by atoms with Gasteiger partial charge >= 0.3 is 6.03 Å². The molecule has 0 aromatic rings. The van der Waals surface area contributed by atoms with Gasteiger partial charge in [0.15, 0.2) is 0 Å². The SMILES string of the molecule is CCCN1CCC(CNC(=O)N2CCCC(OCC)C2)C1. The Morgan fingerprint density at radius 2 is 2.10 bits per heavy atom. The third-order valence-electron chi connectivity index (χ3n) is 4.52. The molecule has 2 heterocycles. The lowest BCUT2D eigenvalue weighted by atomic mass is 10.1. The molecular formula is C16H31N3O2. The van der Waals surface area contributed by atoms with Crippen LogP contribution in [0.2, 0.25) is 0 Å². The molecule has 5 heteroatoms. The molecule has 0 bridgehead atoms. The van der Waals surface area contributed by atoms with Gasteiger partial charge in [0.1, 0.15) is 0 Å². The highest BCUT2D eigenvalue weighted by Crippen LogP contribution is 2.16. The molecular weight excluding hydrogens is 266 g/mol. The number of nitrogens with one attached hydrogen (secondary N) is 1. The van der Waals surface area contributed by atoms with Crippen LogP contribution in [0.4, 0.5) is 4.79 Å². The van der Waals surface area contributed by atoms with Crippen molar-refractivity contribution in [3.63, 3.8) is 0 Å². The summed E-state index contributed by atoms with van der Waals surface area (Å²) in [4.78, 5) is 16.7. The third-order valence-corrected chi connectivity index (χ3v) is 4.52. The summed E-state index contributed by atoms with van der Waals surface area (Å²) in [6.07, 6.45) is 4.77.